The number of fused-ring (bicyclic) bond motifs is 2. The van der Waals surface area contributed by atoms with Crippen molar-refractivity contribution in [2.24, 2.45) is 0 Å². The summed E-state index contributed by atoms with van der Waals surface area (Å²) < 4.78 is 31.7. The highest BCUT2D eigenvalue weighted by molar-refractivity contribution is 7.85. The molecule has 2 aromatic rings. The largest absolute Gasteiger partial charge is 0.851 e. The summed E-state index contributed by atoms with van der Waals surface area (Å²) in [5.74, 6) is -2.74. The Hall–Kier alpha value is -3.19. The molecule has 276 valence electrons. The summed E-state index contributed by atoms with van der Waals surface area (Å²) in [6.07, 6.45) is 0.254. The Morgan fingerprint density at radius 1 is 0.760 bits per heavy atom. The van der Waals surface area contributed by atoms with Gasteiger partial charge in [0.15, 0.2) is 0 Å². The molecule has 1 fully saturated rings. The number of anilines is 4. The maximum atomic E-state index is 14.4. The molecule has 2 aromatic carbocycles. The lowest BCUT2D eigenvalue weighted by molar-refractivity contribution is -0.535. The molecule has 0 aromatic heterocycles. The van der Waals surface area contributed by atoms with Gasteiger partial charge in [0.2, 0.25) is 11.8 Å². The van der Waals surface area contributed by atoms with Crippen molar-refractivity contribution in [3.8, 4) is 0 Å². The maximum Gasteiger partial charge on any atom is 0.264 e. The fraction of sp³-hybridized carbons (Fsp3) is 0.632. The van der Waals surface area contributed by atoms with Crippen LogP contribution in [0.3, 0.4) is 0 Å². The Morgan fingerprint density at radius 3 is 1.52 bits per heavy atom. The molecule has 0 spiro atoms. The number of amides is 2. The molecule has 3 N–H and O–H groups in total. The first-order valence-electron chi connectivity index (χ1n) is 17.9. The Balaban J connectivity index is 1.53. The van der Waals surface area contributed by atoms with Crippen molar-refractivity contribution in [3.05, 3.63) is 46.5 Å². The molecule has 1 saturated carbocycles. The smallest absolute Gasteiger partial charge is 0.264 e. The minimum Gasteiger partial charge on any atom is -0.851 e. The summed E-state index contributed by atoms with van der Waals surface area (Å²) in [5, 5.41) is 34.6. The average Bonchev–Trinajstić information content (AvgIpc) is 3.30. The Kier molecular flexibility index (Phi) is 10.5. The summed E-state index contributed by atoms with van der Waals surface area (Å²) in [7, 11) is -4.06. The molecule has 2 heterocycles. The van der Waals surface area contributed by atoms with Crippen LogP contribution in [0.1, 0.15) is 122 Å². The van der Waals surface area contributed by atoms with Crippen molar-refractivity contribution in [2.45, 2.75) is 135 Å². The van der Waals surface area contributed by atoms with Crippen LogP contribution in [0.2, 0.25) is 0 Å². The Bertz CT molecular complexity index is 1750. The zero-order chi connectivity index (χ0) is 37.1. The van der Waals surface area contributed by atoms with E-state index in [0.717, 1.165) is 41.9 Å². The van der Waals surface area contributed by atoms with E-state index >= 15 is 0 Å². The highest BCUT2D eigenvalue weighted by Gasteiger charge is 2.47. The number of hydrogen-bond donors (Lipinski definition) is 3. The number of nitrogens with one attached hydrogen (secondary N) is 2. The molecular formula is C38H54N4O7S-2. The molecule has 1 aliphatic carbocycles. The molecule has 5 rings (SSSR count). The lowest BCUT2D eigenvalue weighted by atomic mass is 9.61. The van der Waals surface area contributed by atoms with Crippen LogP contribution in [0.4, 0.5) is 22.7 Å². The molecule has 11 nitrogen and oxygen atoms in total. The number of benzene rings is 2. The van der Waals surface area contributed by atoms with Crippen molar-refractivity contribution in [2.75, 3.05) is 39.3 Å². The number of carbonyl (C=O) groups excluding carboxylic acids is 2. The van der Waals surface area contributed by atoms with Crippen molar-refractivity contribution in [1.29, 1.82) is 0 Å². The van der Waals surface area contributed by atoms with Gasteiger partial charge in [0.1, 0.15) is 0 Å². The summed E-state index contributed by atoms with van der Waals surface area (Å²) in [4.78, 5) is 29.4. The van der Waals surface area contributed by atoms with Crippen molar-refractivity contribution < 1.29 is 32.8 Å². The van der Waals surface area contributed by atoms with E-state index in [2.05, 4.69) is 68.9 Å². The van der Waals surface area contributed by atoms with E-state index in [-0.39, 0.29) is 40.5 Å². The monoisotopic (exact) mass is 710 g/mol. The zero-order valence-corrected chi connectivity index (χ0v) is 31.7. The molecule has 4 unspecified atom stereocenters. The van der Waals surface area contributed by atoms with E-state index < -0.39 is 34.2 Å². The first-order valence-corrected chi connectivity index (χ1v) is 19.5. The SMILES string of the molecule is CCCCN1c2cc(NC(C)=O)c(C3C([O-])C(c4cc5c(cc4NC(C)=O)N(CCCCS(=O)(=O)O)C(C)C5(C)C)C3[O-])cc2C(C)(C)C1C. The predicted molar refractivity (Wildman–Crippen MR) is 195 cm³/mol. The van der Waals surface area contributed by atoms with Gasteiger partial charge in [0.25, 0.3) is 10.1 Å². The molecule has 4 atom stereocenters. The van der Waals surface area contributed by atoms with Crippen LogP contribution in [-0.2, 0) is 30.5 Å². The number of nitrogens with zero attached hydrogens (tertiary/aromatic N) is 2. The highest BCUT2D eigenvalue weighted by Crippen LogP contribution is 2.55. The van der Waals surface area contributed by atoms with Crippen LogP contribution in [-0.4, -0.2) is 67.9 Å². The van der Waals surface area contributed by atoms with Crippen molar-refractivity contribution in [3.63, 3.8) is 0 Å². The maximum absolute atomic E-state index is 14.4. The normalized spacial score (nSPS) is 26.3. The van der Waals surface area contributed by atoms with Gasteiger partial charge >= 0.3 is 0 Å². The second-order valence-electron chi connectivity index (χ2n) is 15.8. The van der Waals surface area contributed by atoms with E-state index in [0.29, 0.717) is 41.9 Å². The second-order valence-corrected chi connectivity index (χ2v) is 17.4. The minimum absolute atomic E-state index is 0.00170. The van der Waals surface area contributed by atoms with E-state index in [9.17, 15) is 32.8 Å². The van der Waals surface area contributed by atoms with Crippen LogP contribution in [0, 0.1) is 0 Å². The van der Waals surface area contributed by atoms with Gasteiger partial charge in [-0.15, -0.1) is 12.2 Å². The fourth-order valence-corrected chi connectivity index (χ4v) is 8.99. The number of carbonyl (C=O) groups is 2. The summed E-state index contributed by atoms with van der Waals surface area (Å²) in [5.41, 5.74) is 5.29. The molecule has 0 bridgehead atoms. The van der Waals surface area contributed by atoms with Crippen LogP contribution < -0.4 is 30.6 Å². The molecule has 0 radical (unpaired) electrons. The van der Waals surface area contributed by atoms with Gasteiger partial charge < -0.3 is 30.6 Å². The fourth-order valence-electron chi connectivity index (χ4n) is 8.42. The van der Waals surface area contributed by atoms with Crippen molar-refractivity contribution >= 4 is 44.7 Å². The summed E-state index contributed by atoms with van der Waals surface area (Å²) >= 11 is 0. The third kappa shape index (κ3) is 6.76. The van der Waals surface area contributed by atoms with Gasteiger partial charge in [-0.25, -0.2) is 0 Å². The first kappa shape index (κ1) is 38.1. The Labute approximate surface area is 297 Å². The lowest BCUT2D eigenvalue weighted by Crippen LogP contribution is -2.64. The predicted octanol–water partition coefficient (Wildman–Crippen LogP) is 4.38. The molecule has 50 heavy (non-hydrogen) atoms. The minimum atomic E-state index is -4.06. The van der Waals surface area contributed by atoms with Crippen LogP contribution in [0.5, 0.6) is 0 Å². The Morgan fingerprint density at radius 2 is 1.16 bits per heavy atom. The van der Waals surface area contributed by atoms with Gasteiger partial charge in [0, 0.05) is 72.6 Å². The van der Waals surface area contributed by atoms with Gasteiger partial charge in [-0.05, 0) is 79.3 Å². The topological polar surface area (TPSA) is 165 Å². The van der Waals surface area contributed by atoms with Crippen LogP contribution in [0.15, 0.2) is 24.3 Å². The number of hydrogen-bond acceptors (Lipinski definition) is 8. The molecule has 0 saturated heterocycles. The average molecular weight is 711 g/mol. The molecule has 12 heteroatoms. The van der Waals surface area contributed by atoms with Gasteiger partial charge in [-0.3, -0.25) is 14.1 Å². The third-order valence-corrected chi connectivity index (χ3v) is 12.7. The third-order valence-electron chi connectivity index (χ3n) is 11.9. The summed E-state index contributed by atoms with van der Waals surface area (Å²) in [6.45, 7) is 19.2. The highest BCUT2D eigenvalue weighted by atomic mass is 32.2. The van der Waals surface area contributed by atoms with Crippen LogP contribution in [0.25, 0.3) is 0 Å². The summed E-state index contributed by atoms with van der Waals surface area (Å²) in [6, 6.07) is 7.89. The first-order chi connectivity index (χ1) is 23.2. The zero-order valence-electron chi connectivity index (χ0n) is 30.9. The van der Waals surface area contributed by atoms with Gasteiger partial charge in [0.05, 0.1) is 5.75 Å². The van der Waals surface area contributed by atoms with Crippen molar-refractivity contribution in [1.82, 2.24) is 0 Å². The van der Waals surface area contributed by atoms with Crippen LogP contribution >= 0.6 is 0 Å². The standard InChI is InChI=1S/C38H54N4O7S/c1-10-11-14-41-21(2)37(6,7)27-17-25(29(19-31(27)41)39-23(4)43)33-35(45)34(36(33)46)26-18-28-32(20-30(26)40-24(5)44)42(22(3)38(28,8)9)15-12-13-16-50(47,48)49/h17-22,33-36H,10-16H2,1-9H3,(H,39,43)(H,40,44)(H,47,48,49)/q-2. The molecule has 2 aliphatic heterocycles. The number of unbranched alkanes of at least 4 members (excludes halogenated alkanes) is 2. The molecular weight excluding hydrogens is 657 g/mol. The van der Waals surface area contributed by atoms with E-state index in [4.69, 9.17) is 0 Å². The van der Waals surface area contributed by atoms with Gasteiger partial charge in [-0.2, -0.15) is 8.42 Å². The quantitative estimate of drug-likeness (QED) is 0.214. The lowest BCUT2D eigenvalue weighted by Gasteiger charge is -2.62. The number of rotatable bonds is 12. The molecule has 3 aliphatic rings. The molecule has 2 amide bonds. The van der Waals surface area contributed by atoms with E-state index in [1.165, 1.54) is 13.8 Å². The van der Waals surface area contributed by atoms with Gasteiger partial charge in [-0.1, -0.05) is 53.2 Å². The van der Waals surface area contributed by atoms with E-state index in [1.807, 2.05) is 24.3 Å². The second kappa shape index (κ2) is 13.7. The van der Waals surface area contributed by atoms with E-state index in [1.54, 1.807) is 0 Å².